The molecule has 2 aromatic heterocycles. The number of halogens is 1. The quantitative estimate of drug-likeness (QED) is 0.264. The lowest BCUT2D eigenvalue weighted by molar-refractivity contribution is -0.172. The largest absolute Gasteiger partial charge is 0.458 e. The van der Waals surface area contributed by atoms with Crippen molar-refractivity contribution in [2.75, 3.05) is 0 Å². The fourth-order valence-electron chi connectivity index (χ4n) is 7.12. The van der Waals surface area contributed by atoms with Crippen LogP contribution in [-0.4, -0.2) is 32.1 Å². The first-order valence-electron chi connectivity index (χ1n) is 14.9. The van der Waals surface area contributed by atoms with Crippen LogP contribution >= 0.6 is 0 Å². The van der Waals surface area contributed by atoms with E-state index in [9.17, 15) is 19.5 Å². The zero-order valence-corrected chi connectivity index (χ0v) is 24.8. The number of carbonyl (C=O) groups excluding carboxylic acids is 2. The van der Waals surface area contributed by atoms with E-state index in [1.54, 1.807) is 31.4 Å². The van der Waals surface area contributed by atoms with Crippen LogP contribution in [0.5, 0.6) is 0 Å². The number of amides is 1. The topological polar surface area (TPSA) is 137 Å². The second-order valence-corrected chi connectivity index (χ2v) is 12.5. The number of nitrogens with one attached hydrogen (secondary N) is 1. The standard InChI is InChI=1S/C34H33FN4O5/c1-4-34(43)22-12-26-29-20(15-39(26)30(40)21(22)16-44-32(34)42)28-24(11-10-19-17(2)23(35)13-25(37-29)27(19)28)38-31(41)33(3,36)14-18-8-6-5-7-9-18/h5-9,12-13,24,43H,4,10-11,14-16,36H2,1-3H3,(H,38,41)/t24-,33+,34-/m0/s1. The molecule has 3 atom stereocenters. The molecule has 4 N–H and O–H groups in total. The third-order valence-corrected chi connectivity index (χ3v) is 9.62. The van der Waals surface area contributed by atoms with Gasteiger partial charge in [0.25, 0.3) is 5.56 Å². The highest BCUT2D eigenvalue weighted by molar-refractivity contribution is 5.94. The van der Waals surface area contributed by atoms with Crippen molar-refractivity contribution in [3.05, 3.63) is 97.6 Å². The zero-order chi connectivity index (χ0) is 31.1. The van der Waals surface area contributed by atoms with Crippen molar-refractivity contribution in [1.82, 2.24) is 14.9 Å². The molecule has 2 aromatic carbocycles. The van der Waals surface area contributed by atoms with Crippen LogP contribution in [0.3, 0.4) is 0 Å². The van der Waals surface area contributed by atoms with E-state index in [4.69, 9.17) is 15.5 Å². The zero-order valence-electron chi connectivity index (χ0n) is 24.8. The Balaban J connectivity index is 1.39. The number of rotatable bonds is 5. The van der Waals surface area contributed by atoms with Crippen molar-refractivity contribution in [2.45, 2.75) is 76.8 Å². The SMILES string of the molecule is CC[C@@]1(O)C(=O)OCc2c1cc1n(c2=O)Cc2c-1nc1cc(F)c(C)c3c1c2[C@@H](NC(=O)[C@](C)(N)Cc1ccccc1)CC3. The molecule has 2 aliphatic heterocycles. The average Bonchev–Trinajstić information content (AvgIpc) is 3.37. The summed E-state index contributed by atoms with van der Waals surface area (Å²) in [6.07, 6.45) is 1.40. The lowest BCUT2D eigenvalue weighted by Crippen LogP contribution is -2.54. The molecular weight excluding hydrogens is 563 g/mol. The van der Waals surface area contributed by atoms with Gasteiger partial charge in [-0.2, -0.15) is 0 Å². The minimum Gasteiger partial charge on any atom is -0.458 e. The summed E-state index contributed by atoms with van der Waals surface area (Å²) in [5.41, 5.74) is 8.58. The van der Waals surface area contributed by atoms with E-state index in [1.165, 1.54) is 6.07 Å². The molecule has 0 saturated carbocycles. The Morgan fingerprint density at radius 1 is 1.23 bits per heavy atom. The number of esters is 1. The minimum atomic E-state index is -1.96. The molecule has 4 aromatic rings. The summed E-state index contributed by atoms with van der Waals surface area (Å²) in [7, 11) is 0. The average molecular weight is 597 g/mol. The number of benzene rings is 2. The van der Waals surface area contributed by atoms with E-state index < -0.39 is 23.2 Å². The highest BCUT2D eigenvalue weighted by Gasteiger charge is 2.46. The second kappa shape index (κ2) is 9.80. The number of fused-ring (bicyclic) bond motifs is 5. The van der Waals surface area contributed by atoms with Gasteiger partial charge in [0.15, 0.2) is 5.60 Å². The van der Waals surface area contributed by atoms with Gasteiger partial charge in [0.1, 0.15) is 12.4 Å². The summed E-state index contributed by atoms with van der Waals surface area (Å²) in [5, 5.41) is 15.2. The molecule has 0 saturated heterocycles. The van der Waals surface area contributed by atoms with E-state index >= 15 is 4.39 Å². The van der Waals surface area contributed by atoms with Crippen LogP contribution in [0.25, 0.3) is 22.3 Å². The molecule has 1 aliphatic carbocycles. The fraction of sp³-hybridized carbons (Fsp3) is 0.353. The van der Waals surface area contributed by atoms with Crippen LogP contribution < -0.4 is 16.6 Å². The van der Waals surface area contributed by atoms with Crippen molar-refractivity contribution >= 4 is 22.8 Å². The number of hydrogen-bond donors (Lipinski definition) is 3. The first kappa shape index (κ1) is 28.4. The maximum absolute atomic E-state index is 15.2. The van der Waals surface area contributed by atoms with Crippen LogP contribution in [0.1, 0.15) is 71.7 Å². The van der Waals surface area contributed by atoms with Gasteiger partial charge in [-0.05, 0) is 67.9 Å². The Kier molecular flexibility index (Phi) is 6.32. The summed E-state index contributed by atoms with van der Waals surface area (Å²) in [6.45, 7) is 5.02. The molecule has 44 heavy (non-hydrogen) atoms. The number of aryl methyl sites for hydroxylation is 1. The number of nitrogens with zero attached hydrogens (tertiary/aromatic N) is 2. The number of aromatic nitrogens is 2. The molecular formula is C34H33FN4O5. The summed E-state index contributed by atoms with van der Waals surface area (Å²) in [4.78, 5) is 45.0. The molecule has 0 bridgehead atoms. The molecule has 0 unspecified atom stereocenters. The summed E-state index contributed by atoms with van der Waals surface area (Å²) >= 11 is 0. The number of hydrogen-bond acceptors (Lipinski definition) is 7. The number of carbonyl (C=O) groups is 2. The Morgan fingerprint density at radius 2 is 1.98 bits per heavy atom. The fourth-order valence-corrected chi connectivity index (χ4v) is 7.12. The Bertz CT molecular complexity index is 1970. The summed E-state index contributed by atoms with van der Waals surface area (Å²) in [5.74, 6) is -1.50. The highest BCUT2D eigenvalue weighted by atomic mass is 19.1. The van der Waals surface area contributed by atoms with Gasteiger partial charge < -0.3 is 25.5 Å². The van der Waals surface area contributed by atoms with Crippen molar-refractivity contribution in [3.63, 3.8) is 0 Å². The van der Waals surface area contributed by atoms with Gasteiger partial charge in [-0.1, -0.05) is 37.3 Å². The molecule has 0 spiro atoms. The molecule has 226 valence electrons. The van der Waals surface area contributed by atoms with E-state index in [2.05, 4.69) is 5.32 Å². The second-order valence-electron chi connectivity index (χ2n) is 12.5. The maximum atomic E-state index is 15.2. The minimum absolute atomic E-state index is 0.0216. The van der Waals surface area contributed by atoms with Crippen molar-refractivity contribution in [3.8, 4) is 11.4 Å². The molecule has 7 rings (SSSR count). The first-order chi connectivity index (χ1) is 20.9. The molecule has 4 heterocycles. The van der Waals surface area contributed by atoms with E-state index in [0.717, 1.165) is 27.6 Å². The van der Waals surface area contributed by atoms with Crippen molar-refractivity contribution in [2.24, 2.45) is 5.73 Å². The Labute approximate surface area is 252 Å². The number of aliphatic hydroxyl groups is 1. The predicted octanol–water partition coefficient (Wildman–Crippen LogP) is 3.59. The van der Waals surface area contributed by atoms with Crippen LogP contribution in [-0.2, 0) is 45.9 Å². The first-order valence-corrected chi connectivity index (χ1v) is 14.9. The number of cyclic esters (lactones) is 1. The van der Waals surface area contributed by atoms with Gasteiger partial charge in [0.2, 0.25) is 5.91 Å². The van der Waals surface area contributed by atoms with Crippen molar-refractivity contribution in [1.29, 1.82) is 0 Å². The number of ether oxygens (including phenoxy) is 1. The normalized spacial score (nSPS) is 21.2. The number of pyridine rings is 2. The van der Waals surface area contributed by atoms with Gasteiger partial charge in [-0.25, -0.2) is 14.2 Å². The lowest BCUT2D eigenvalue weighted by Gasteiger charge is -2.32. The van der Waals surface area contributed by atoms with E-state index in [1.807, 2.05) is 30.3 Å². The molecule has 9 nitrogen and oxygen atoms in total. The van der Waals surface area contributed by atoms with Gasteiger partial charge >= 0.3 is 5.97 Å². The third-order valence-electron chi connectivity index (χ3n) is 9.62. The molecule has 3 aliphatic rings. The van der Waals surface area contributed by atoms with E-state index in [0.29, 0.717) is 41.7 Å². The van der Waals surface area contributed by atoms with Crippen LogP contribution in [0.2, 0.25) is 0 Å². The molecule has 0 fully saturated rings. The maximum Gasteiger partial charge on any atom is 0.343 e. The van der Waals surface area contributed by atoms with Gasteiger partial charge in [-0.3, -0.25) is 9.59 Å². The number of nitrogens with two attached hydrogens (primary N) is 1. The smallest absolute Gasteiger partial charge is 0.343 e. The van der Waals surface area contributed by atoms with Crippen LogP contribution in [0.4, 0.5) is 4.39 Å². The molecule has 1 amide bonds. The lowest BCUT2D eigenvalue weighted by atomic mass is 9.81. The van der Waals surface area contributed by atoms with Gasteiger partial charge in [-0.15, -0.1) is 0 Å². The summed E-state index contributed by atoms with van der Waals surface area (Å²) in [6, 6.07) is 12.1. The van der Waals surface area contributed by atoms with Gasteiger partial charge in [0.05, 0.1) is 40.6 Å². The van der Waals surface area contributed by atoms with E-state index in [-0.39, 0.29) is 48.0 Å². The Hall–Kier alpha value is -4.41. The Morgan fingerprint density at radius 3 is 2.70 bits per heavy atom. The van der Waals surface area contributed by atoms with Crippen LogP contribution in [0, 0.1) is 12.7 Å². The highest BCUT2D eigenvalue weighted by Crippen LogP contribution is 2.46. The van der Waals surface area contributed by atoms with Crippen LogP contribution in [0.15, 0.2) is 47.3 Å². The van der Waals surface area contributed by atoms with Gasteiger partial charge in [0, 0.05) is 22.6 Å². The molecule has 10 heteroatoms. The third kappa shape index (κ3) is 4.04. The predicted molar refractivity (Wildman–Crippen MR) is 161 cm³/mol. The monoisotopic (exact) mass is 596 g/mol. The molecule has 0 radical (unpaired) electrons. The summed E-state index contributed by atoms with van der Waals surface area (Å²) < 4.78 is 21.9. The van der Waals surface area contributed by atoms with Crippen molar-refractivity contribution < 1.29 is 23.8 Å².